The van der Waals surface area contributed by atoms with E-state index in [1.165, 1.54) is 6.07 Å². The van der Waals surface area contributed by atoms with Crippen LogP contribution in [0.1, 0.15) is 78.5 Å². The van der Waals surface area contributed by atoms with Crippen molar-refractivity contribution in [2.24, 2.45) is 5.92 Å². The maximum atomic E-state index is 15.2. The summed E-state index contributed by atoms with van der Waals surface area (Å²) >= 11 is 0. The van der Waals surface area contributed by atoms with Gasteiger partial charge in [0.05, 0.1) is 30.0 Å². The van der Waals surface area contributed by atoms with Crippen molar-refractivity contribution in [2.45, 2.75) is 95.7 Å². The summed E-state index contributed by atoms with van der Waals surface area (Å²) in [5.74, 6) is 1.38. The number of phenolic OH excluding ortho intramolecular Hbond substituents is 1. The molecular formula is C40H46F2N8O3. The highest BCUT2D eigenvalue weighted by atomic mass is 19.1. The summed E-state index contributed by atoms with van der Waals surface area (Å²) in [6, 6.07) is 9.23. The van der Waals surface area contributed by atoms with Crippen LogP contribution in [0.2, 0.25) is 0 Å². The van der Waals surface area contributed by atoms with Gasteiger partial charge in [0.1, 0.15) is 30.2 Å². The summed E-state index contributed by atoms with van der Waals surface area (Å²) in [5.41, 5.74) is 4.40. The van der Waals surface area contributed by atoms with E-state index in [2.05, 4.69) is 14.7 Å². The van der Waals surface area contributed by atoms with Gasteiger partial charge in [-0.3, -0.25) is 14.4 Å². The van der Waals surface area contributed by atoms with Crippen LogP contribution in [0.15, 0.2) is 30.3 Å². The monoisotopic (exact) mass is 724 g/mol. The second kappa shape index (κ2) is 12.5. The minimum absolute atomic E-state index is 0.0330. The maximum absolute atomic E-state index is 15.2. The second-order valence-electron chi connectivity index (χ2n) is 16.1. The fourth-order valence-electron chi connectivity index (χ4n) is 10.2. The van der Waals surface area contributed by atoms with E-state index in [-0.39, 0.29) is 29.0 Å². The number of likely N-dealkylation sites (tertiary alicyclic amines) is 1. The highest BCUT2D eigenvalue weighted by Crippen LogP contribution is 2.45. The zero-order valence-electron chi connectivity index (χ0n) is 30.2. The number of carbonyl (C=O) groups excluding carboxylic acids is 1. The molecule has 278 valence electrons. The van der Waals surface area contributed by atoms with Gasteiger partial charge in [-0.2, -0.15) is 15.1 Å². The Labute approximate surface area is 307 Å². The molecule has 4 aromatic rings. The molecule has 3 saturated heterocycles. The van der Waals surface area contributed by atoms with Crippen molar-refractivity contribution in [3.63, 3.8) is 0 Å². The number of aromatic hydroxyl groups is 1. The average Bonchev–Trinajstić information content (AvgIpc) is 3.35. The number of ether oxygens (including phenoxy) is 1. The number of anilines is 2. The zero-order chi connectivity index (χ0) is 36.0. The van der Waals surface area contributed by atoms with Crippen LogP contribution in [-0.2, 0) is 32.5 Å². The van der Waals surface area contributed by atoms with Crippen molar-refractivity contribution in [1.29, 1.82) is 0 Å². The highest BCUT2D eigenvalue weighted by molar-refractivity contribution is 5.98. The number of nitrogens with zero attached hydrogens (tertiary/aromatic N) is 8. The van der Waals surface area contributed by atoms with Gasteiger partial charge in [-0.25, -0.2) is 8.78 Å². The number of amides is 1. The van der Waals surface area contributed by atoms with Gasteiger partial charge in [0.15, 0.2) is 5.69 Å². The molecule has 1 aliphatic carbocycles. The van der Waals surface area contributed by atoms with Crippen LogP contribution in [0.5, 0.6) is 11.8 Å². The number of rotatable bonds is 7. The van der Waals surface area contributed by atoms with Crippen molar-refractivity contribution < 1.29 is 23.4 Å². The smallest absolute Gasteiger partial charge is 0.318 e. The third-order valence-corrected chi connectivity index (χ3v) is 12.9. The van der Waals surface area contributed by atoms with Gasteiger partial charge in [0, 0.05) is 67.9 Å². The Bertz CT molecular complexity index is 2130. The summed E-state index contributed by atoms with van der Waals surface area (Å²) in [6.07, 6.45) is 5.68. The van der Waals surface area contributed by atoms with E-state index in [0.29, 0.717) is 81.8 Å². The molecule has 11 nitrogen and oxygen atoms in total. The van der Waals surface area contributed by atoms with Gasteiger partial charge < -0.3 is 24.5 Å². The van der Waals surface area contributed by atoms with Gasteiger partial charge in [0.2, 0.25) is 0 Å². The number of aromatic nitrogens is 4. The molecule has 4 atom stereocenters. The number of halogens is 2. The fraction of sp³-hybridized carbons (Fsp3) is 0.550. The van der Waals surface area contributed by atoms with Crippen molar-refractivity contribution in [3.05, 3.63) is 64.4 Å². The Morgan fingerprint density at radius 1 is 1.06 bits per heavy atom. The van der Waals surface area contributed by atoms with E-state index >= 15 is 4.39 Å². The number of phenols is 1. The van der Waals surface area contributed by atoms with Crippen LogP contribution in [0.25, 0.3) is 10.8 Å². The molecule has 2 aromatic heterocycles. The van der Waals surface area contributed by atoms with Crippen LogP contribution in [0, 0.1) is 11.7 Å². The molecule has 0 bridgehead atoms. The minimum Gasteiger partial charge on any atom is -0.508 e. The summed E-state index contributed by atoms with van der Waals surface area (Å²) in [7, 11) is 0. The van der Waals surface area contributed by atoms with Crippen LogP contribution in [0.3, 0.4) is 0 Å². The lowest BCUT2D eigenvalue weighted by atomic mass is 9.95. The molecule has 0 unspecified atom stereocenters. The Kier molecular flexibility index (Phi) is 7.82. The van der Waals surface area contributed by atoms with Gasteiger partial charge in [0.25, 0.3) is 5.91 Å². The first-order valence-corrected chi connectivity index (χ1v) is 19.5. The van der Waals surface area contributed by atoms with Crippen molar-refractivity contribution in [1.82, 2.24) is 29.5 Å². The van der Waals surface area contributed by atoms with Crippen molar-refractivity contribution in [3.8, 4) is 11.8 Å². The van der Waals surface area contributed by atoms with E-state index in [4.69, 9.17) is 19.8 Å². The molecule has 7 heterocycles. The van der Waals surface area contributed by atoms with Crippen LogP contribution < -0.4 is 14.5 Å². The Morgan fingerprint density at radius 2 is 1.96 bits per heavy atom. The Balaban J connectivity index is 1.00. The molecule has 13 heteroatoms. The summed E-state index contributed by atoms with van der Waals surface area (Å²) in [4.78, 5) is 32.3. The second-order valence-corrected chi connectivity index (χ2v) is 16.1. The molecule has 2 aromatic carbocycles. The highest BCUT2D eigenvalue weighted by Gasteiger charge is 2.50. The normalized spacial score (nSPS) is 26.4. The molecule has 1 saturated carbocycles. The summed E-state index contributed by atoms with van der Waals surface area (Å²) in [6.45, 7) is 7.43. The molecular weight excluding hydrogens is 678 g/mol. The number of carbonyl (C=O) groups is 1. The van der Waals surface area contributed by atoms with Gasteiger partial charge in [-0.15, -0.1) is 0 Å². The van der Waals surface area contributed by atoms with Gasteiger partial charge in [-0.05, 0) is 86.6 Å². The van der Waals surface area contributed by atoms with E-state index < -0.39 is 6.17 Å². The third-order valence-electron chi connectivity index (χ3n) is 12.9. The topological polar surface area (TPSA) is 103 Å². The lowest BCUT2D eigenvalue weighted by Gasteiger charge is -2.35. The molecule has 0 radical (unpaired) electrons. The van der Waals surface area contributed by atoms with Crippen molar-refractivity contribution in [2.75, 3.05) is 49.1 Å². The first-order chi connectivity index (χ1) is 25.8. The SMILES string of the molecule is CCc1c(F)ccc2cc(O)cc(N3CCc4c(nc(OC[C@@]56CCCN5C[C@H](F)C6)nc4N4CCCn5nc(C(=O)N6CC[C@@H]7C[C@@H]76)cc5C4)C3)c12. The molecule has 6 aliphatic rings. The zero-order valence-corrected chi connectivity index (χ0v) is 30.2. The van der Waals surface area contributed by atoms with E-state index in [1.54, 1.807) is 18.2 Å². The maximum Gasteiger partial charge on any atom is 0.318 e. The summed E-state index contributed by atoms with van der Waals surface area (Å²) < 4.78 is 38.3. The van der Waals surface area contributed by atoms with Gasteiger partial charge >= 0.3 is 6.01 Å². The van der Waals surface area contributed by atoms with E-state index in [0.717, 1.165) is 91.0 Å². The molecule has 1 N–H and O–H groups in total. The number of hydrogen-bond donors (Lipinski definition) is 1. The predicted octanol–water partition coefficient (Wildman–Crippen LogP) is 5.40. The predicted molar refractivity (Wildman–Crippen MR) is 196 cm³/mol. The van der Waals surface area contributed by atoms with Crippen LogP contribution in [0.4, 0.5) is 20.3 Å². The molecule has 0 spiro atoms. The number of benzene rings is 2. The van der Waals surface area contributed by atoms with E-state index in [1.807, 2.05) is 22.6 Å². The molecule has 53 heavy (non-hydrogen) atoms. The quantitative estimate of drug-likeness (QED) is 0.269. The standard InChI is InChI=1S/C40H46F2N8O3/c1-2-29-31(42)6-5-25-15-28(51)18-35(36(25)29)46-13-8-30-33(22-46)43-39(53-23-40-9-3-11-48(40)20-26(41)19-40)44-37(30)47-10-4-12-50-27(21-47)17-32(45-50)38(52)49-14-7-24-16-34(24)49/h5-6,15,17-18,24,26,34,51H,2-4,7-14,16,19-23H2,1H3/t24-,26-,34+,40+/m1/s1. The molecule has 1 amide bonds. The lowest BCUT2D eigenvalue weighted by Crippen LogP contribution is -2.43. The lowest BCUT2D eigenvalue weighted by molar-refractivity contribution is 0.0761. The largest absolute Gasteiger partial charge is 0.508 e. The number of alkyl halides is 1. The first-order valence-electron chi connectivity index (χ1n) is 19.5. The molecule has 4 fully saturated rings. The van der Waals surface area contributed by atoms with Crippen molar-refractivity contribution >= 4 is 28.2 Å². The van der Waals surface area contributed by atoms with Crippen LogP contribution >= 0.6 is 0 Å². The number of hydrogen-bond acceptors (Lipinski definition) is 9. The van der Waals surface area contributed by atoms with Crippen LogP contribution in [-0.4, -0.2) is 97.6 Å². The molecule has 5 aliphatic heterocycles. The number of piperidine rings is 1. The minimum atomic E-state index is -0.864. The number of aryl methyl sites for hydroxylation is 2. The fourth-order valence-corrected chi connectivity index (χ4v) is 10.2. The summed E-state index contributed by atoms with van der Waals surface area (Å²) in [5, 5.41) is 17.2. The Hall–Kier alpha value is -4.52. The van der Waals surface area contributed by atoms with Gasteiger partial charge in [-0.1, -0.05) is 13.0 Å². The first kappa shape index (κ1) is 33.1. The molecule has 10 rings (SSSR count). The van der Waals surface area contributed by atoms with E-state index in [9.17, 15) is 14.3 Å². The third kappa shape index (κ3) is 5.60. The number of fused-ring (bicyclic) bond motifs is 5. The Morgan fingerprint density at radius 3 is 2.79 bits per heavy atom. The average molecular weight is 725 g/mol.